The van der Waals surface area contributed by atoms with Gasteiger partial charge >= 0.3 is 0 Å². The summed E-state index contributed by atoms with van der Waals surface area (Å²) in [5.74, 6) is 0.674. The Hall–Kier alpha value is -1.19. The van der Waals surface area contributed by atoms with Crippen LogP contribution in [0, 0.1) is 0 Å². The molecule has 1 aliphatic rings. The van der Waals surface area contributed by atoms with Crippen molar-refractivity contribution >= 4 is 23.2 Å². The molecule has 0 amide bonds. The van der Waals surface area contributed by atoms with E-state index in [1.165, 1.54) is 0 Å². The number of aromatic nitrogens is 1. The first-order valence-corrected chi connectivity index (χ1v) is 6.50. The van der Waals surface area contributed by atoms with Crippen molar-refractivity contribution in [1.82, 2.24) is 10.3 Å². The number of nitrogens with one attached hydrogen (secondary N) is 1. The number of rotatable bonds is 4. The number of nitrogens with zero attached hydrogens (tertiary/aromatic N) is 1. The Morgan fingerprint density at radius 2 is 2.11 bits per heavy atom. The molecular formula is C13H14Cl2N2O. The molecule has 0 aromatic carbocycles. The van der Waals surface area contributed by atoms with Gasteiger partial charge in [0.05, 0.1) is 6.61 Å². The van der Waals surface area contributed by atoms with Crippen LogP contribution in [0.2, 0.25) is 0 Å². The predicted molar refractivity (Wildman–Crippen MR) is 73.2 cm³/mol. The highest BCUT2D eigenvalue weighted by atomic mass is 35.5. The Labute approximate surface area is 116 Å². The first-order chi connectivity index (χ1) is 8.64. The highest BCUT2D eigenvalue weighted by Gasteiger charge is 2.31. The molecule has 0 fully saturated rings. The van der Waals surface area contributed by atoms with Crippen LogP contribution in [0.5, 0.6) is 0 Å². The number of dihydropyridines is 1. The highest BCUT2D eigenvalue weighted by molar-refractivity contribution is 6.31. The van der Waals surface area contributed by atoms with Gasteiger partial charge in [-0.1, -0.05) is 30.1 Å². The molecule has 1 atom stereocenters. The van der Waals surface area contributed by atoms with Crippen molar-refractivity contribution in [3.05, 3.63) is 53.2 Å². The third-order valence-corrected chi connectivity index (χ3v) is 3.11. The van der Waals surface area contributed by atoms with Crippen LogP contribution in [0.3, 0.4) is 0 Å². The van der Waals surface area contributed by atoms with Crippen molar-refractivity contribution in [2.75, 3.05) is 6.61 Å². The van der Waals surface area contributed by atoms with Gasteiger partial charge in [0.2, 0.25) is 0 Å². The molecule has 0 saturated carbocycles. The van der Waals surface area contributed by atoms with E-state index in [0.29, 0.717) is 17.5 Å². The van der Waals surface area contributed by atoms with Crippen molar-refractivity contribution in [3.63, 3.8) is 0 Å². The monoisotopic (exact) mass is 284 g/mol. The average Bonchev–Trinajstić information content (AvgIpc) is 2.36. The fourth-order valence-corrected chi connectivity index (χ4v) is 2.30. The molecule has 5 heteroatoms. The number of pyridine rings is 1. The smallest absolute Gasteiger partial charge is 0.161 e. The summed E-state index contributed by atoms with van der Waals surface area (Å²) < 4.78 is 5.58. The third-order valence-electron chi connectivity index (χ3n) is 2.48. The maximum absolute atomic E-state index is 6.55. The van der Waals surface area contributed by atoms with E-state index in [4.69, 9.17) is 27.9 Å². The molecule has 1 aliphatic heterocycles. The van der Waals surface area contributed by atoms with E-state index in [0.717, 1.165) is 12.0 Å². The molecule has 1 aromatic rings. The molecule has 18 heavy (non-hydrogen) atoms. The fourth-order valence-electron chi connectivity index (χ4n) is 1.66. The van der Waals surface area contributed by atoms with Crippen LogP contribution in [0.25, 0.3) is 0 Å². The molecule has 0 spiro atoms. The van der Waals surface area contributed by atoms with Crippen LogP contribution in [0.1, 0.15) is 18.9 Å². The minimum Gasteiger partial charge on any atom is -0.494 e. The van der Waals surface area contributed by atoms with Gasteiger partial charge in [-0.15, -0.1) is 0 Å². The van der Waals surface area contributed by atoms with Crippen LogP contribution < -0.4 is 5.32 Å². The van der Waals surface area contributed by atoms with Gasteiger partial charge in [0.15, 0.2) is 5.00 Å². The topological polar surface area (TPSA) is 34.1 Å². The highest BCUT2D eigenvalue weighted by Crippen LogP contribution is 2.34. The zero-order valence-corrected chi connectivity index (χ0v) is 11.5. The normalized spacial score (nSPS) is 22.8. The largest absolute Gasteiger partial charge is 0.494 e. The molecule has 1 N–H and O–H groups in total. The van der Waals surface area contributed by atoms with Gasteiger partial charge in [0, 0.05) is 24.5 Å². The minimum absolute atomic E-state index is 0.454. The molecule has 96 valence electrons. The molecule has 0 aliphatic carbocycles. The number of allylic oxidation sites excluding steroid dienone is 1. The van der Waals surface area contributed by atoms with Gasteiger partial charge in [0.25, 0.3) is 0 Å². The van der Waals surface area contributed by atoms with Gasteiger partial charge in [-0.3, -0.25) is 4.98 Å². The summed E-state index contributed by atoms with van der Waals surface area (Å²) >= 11 is 12.6. The Morgan fingerprint density at radius 1 is 1.39 bits per heavy atom. The molecule has 0 saturated heterocycles. The second-order valence-corrected chi connectivity index (χ2v) is 4.96. The van der Waals surface area contributed by atoms with Gasteiger partial charge < -0.3 is 10.1 Å². The number of halogens is 2. The lowest BCUT2D eigenvalue weighted by molar-refractivity contribution is 0.220. The summed E-state index contributed by atoms with van der Waals surface area (Å²) in [6, 6.07) is 3.67. The van der Waals surface area contributed by atoms with E-state index < -0.39 is 5.00 Å². The van der Waals surface area contributed by atoms with Crippen molar-refractivity contribution in [2.24, 2.45) is 0 Å². The minimum atomic E-state index is -0.891. The Balaban J connectivity index is 2.28. The van der Waals surface area contributed by atoms with E-state index >= 15 is 0 Å². The number of hydrogen-bond donors (Lipinski definition) is 1. The number of ether oxygens (including phenoxy) is 1. The zero-order chi connectivity index (χ0) is 13.0. The van der Waals surface area contributed by atoms with E-state index in [-0.39, 0.29) is 0 Å². The summed E-state index contributed by atoms with van der Waals surface area (Å²) in [6.07, 6.45) is 7.84. The van der Waals surface area contributed by atoms with Crippen LogP contribution in [0.4, 0.5) is 0 Å². The zero-order valence-electron chi connectivity index (χ0n) is 9.99. The Bertz CT molecular complexity index is 473. The summed E-state index contributed by atoms with van der Waals surface area (Å²) in [7, 11) is 0. The van der Waals surface area contributed by atoms with Crippen molar-refractivity contribution in [1.29, 1.82) is 0 Å². The molecule has 2 heterocycles. The molecule has 0 bridgehead atoms. The van der Waals surface area contributed by atoms with E-state index in [1.807, 2.05) is 25.1 Å². The van der Waals surface area contributed by atoms with Crippen LogP contribution in [0.15, 0.2) is 47.6 Å². The first-order valence-electron chi connectivity index (χ1n) is 5.74. The maximum atomic E-state index is 6.55. The second-order valence-electron chi connectivity index (χ2n) is 3.96. The lowest BCUT2D eigenvalue weighted by Gasteiger charge is -2.30. The molecule has 1 unspecified atom stereocenters. The average molecular weight is 285 g/mol. The fraction of sp³-hybridized carbons (Fsp3) is 0.308. The van der Waals surface area contributed by atoms with Gasteiger partial charge in [0.1, 0.15) is 10.9 Å². The van der Waals surface area contributed by atoms with E-state index in [1.54, 1.807) is 18.5 Å². The summed E-state index contributed by atoms with van der Waals surface area (Å²) in [4.78, 5) is 3.08. The third kappa shape index (κ3) is 2.98. The van der Waals surface area contributed by atoms with Gasteiger partial charge in [-0.2, -0.15) is 0 Å². The lowest BCUT2D eigenvalue weighted by Crippen LogP contribution is -2.36. The quantitative estimate of drug-likeness (QED) is 0.679. The van der Waals surface area contributed by atoms with Crippen molar-refractivity contribution in [2.45, 2.75) is 18.3 Å². The van der Waals surface area contributed by atoms with Crippen LogP contribution in [-0.4, -0.2) is 11.6 Å². The van der Waals surface area contributed by atoms with Crippen LogP contribution in [-0.2, 0) is 9.73 Å². The number of hydrogen-bond acceptors (Lipinski definition) is 3. The lowest BCUT2D eigenvalue weighted by atomic mass is 10.1. The molecular weight excluding hydrogens is 271 g/mol. The van der Waals surface area contributed by atoms with E-state index in [9.17, 15) is 0 Å². The van der Waals surface area contributed by atoms with Crippen molar-refractivity contribution < 1.29 is 4.74 Å². The Morgan fingerprint density at radius 3 is 2.78 bits per heavy atom. The Kier molecular flexibility index (Phi) is 4.15. The maximum Gasteiger partial charge on any atom is 0.161 e. The van der Waals surface area contributed by atoms with E-state index in [2.05, 4.69) is 10.3 Å². The molecule has 3 nitrogen and oxygen atoms in total. The molecule has 0 radical (unpaired) electrons. The van der Waals surface area contributed by atoms with Gasteiger partial charge in [-0.25, -0.2) is 0 Å². The van der Waals surface area contributed by atoms with Crippen molar-refractivity contribution in [3.8, 4) is 0 Å². The van der Waals surface area contributed by atoms with Crippen LogP contribution >= 0.6 is 23.2 Å². The number of alkyl halides is 1. The summed E-state index contributed by atoms with van der Waals surface area (Å²) in [5.41, 5.74) is 0.864. The summed E-state index contributed by atoms with van der Waals surface area (Å²) in [5, 5.41) is 3.48. The van der Waals surface area contributed by atoms with Gasteiger partial charge in [-0.05, 0) is 24.1 Å². The standard InChI is InChI=1S/C13H14Cl2N2O/c1-2-7-18-11-8-12(14)17-13(15,9-11)10-3-5-16-6-4-10/h3-6,8-9,17H,2,7H2,1H3. The SMILES string of the molecule is CCCOC1=CC(Cl)(c2ccncc2)NC(Cl)=C1. The first kappa shape index (κ1) is 13.2. The molecule has 1 aromatic heterocycles. The predicted octanol–water partition coefficient (Wildman–Crippen LogP) is 3.47. The molecule has 2 rings (SSSR count). The second kappa shape index (κ2) is 5.63. The summed E-state index contributed by atoms with van der Waals surface area (Å²) in [6.45, 7) is 2.68.